The van der Waals surface area contributed by atoms with Crippen molar-refractivity contribution in [2.45, 2.75) is 24.6 Å². The molecule has 10 heteroatoms. The molecule has 1 aliphatic rings. The van der Waals surface area contributed by atoms with E-state index < -0.39 is 37.1 Å². The fourth-order valence-electron chi connectivity index (χ4n) is 1.72. The van der Waals surface area contributed by atoms with Crippen LogP contribution < -0.4 is 11.5 Å². The van der Waals surface area contributed by atoms with Crippen LogP contribution in [0.1, 0.15) is 16.7 Å². The van der Waals surface area contributed by atoms with Crippen LogP contribution in [-0.2, 0) is 4.74 Å². The number of aliphatic hydroxyl groups is 2. The van der Waals surface area contributed by atoms with E-state index in [-0.39, 0.29) is 11.5 Å². The van der Waals surface area contributed by atoms with Gasteiger partial charge >= 0.3 is 0 Å². The minimum atomic E-state index is -1.85. The van der Waals surface area contributed by atoms with Crippen molar-refractivity contribution in [3.8, 4) is 0 Å². The minimum absolute atomic E-state index is 0.263. The van der Waals surface area contributed by atoms with Gasteiger partial charge in [0.2, 0.25) is 0 Å². The number of nitrogen functional groups attached to an aromatic ring is 1. The zero-order chi connectivity index (χ0) is 13.4. The van der Waals surface area contributed by atoms with Crippen LogP contribution in [0.3, 0.4) is 0 Å². The van der Waals surface area contributed by atoms with E-state index in [4.69, 9.17) is 21.3 Å². The number of alkyl halides is 1. The molecule has 4 atom stereocenters. The molecule has 100 valence electrons. The predicted octanol–water partition coefficient (Wildman–Crippen LogP) is -2.45. The SMILES string of the molecule is NC(=O)c1nnn([C@@H]2O[C@@H](CO)[C@H](O)[C@H]2F)c1N. The summed E-state index contributed by atoms with van der Waals surface area (Å²) in [5, 5.41) is 25.2. The van der Waals surface area contributed by atoms with E-state index in [1.807, 2.05) is 0 Å². The Kier molecular flexibility index (Phi) is 3.15. The van der Waals surface area contributed by atoms with Gasteiger partial charge in [-0.1, -0.05) is 5.21 Å². The molecule has 9 nitrogen and oxygen atoms in total. The summed E-state index contributed by atoms with van der Waals surface area (Å²) in [6.07, 6.45) is -5.82. The molecular weight excluding hydrogens is 249 g/mol. The number of carbonyl (C=O) groups excluding carboxylic acids is 1. The minimum Gasteiger partial charge on any atom is -0.394 e. The largest absolute Gasteiger partial charge is 0.394 e. The Morgan fingerprint density at radius 1 is 1.61 bits per heavy atom. The molecule has 1 aromatic rings. The van der Waals surface area contributed by atoms with Crippen LogP contribution >= 0.6 is 0 Å². The van der Waals surface area contributed by atoms with Gasteiger partial charge in [-0.2, -0.15) is 4.68 Å². The van der Waals surface area contributed by atoms with Crippen LogP contribution in [0.4, 0.5) is 10.2 Å². The highest BCUT2D eigenvalue weighted by Gasteiger charge is 2.46. The van der Waals surface area contributed by atoms with Crippen LogP contribution in [0.5, 0.6) is 0 Å². The first-order valence-electron chi connectivity index (χ1n) is 5.06. The van der Waals surface area contributed by atoms with E-state index in [0.29, 0.717) is 0 Å². The van der Waals surface area contributed by atoms with Crippen LogP contribution in [0.15, 0.2) is 0 Å². The van der Waals surface area contributed by atoms with Crippen molar-refractivity contribution in [3.05, 3.63) is 5.69 Å². The number of anilines is 1. The summed E-state index contributed by atoms with van der Waals surface area (Å²) in [6, 6.07) is 0. The monoisotopic (exact) mass is 261 g/mol. The van der Waals surface area contributed by atoms with Crippen molar-refractivity contribution in [3.63, 3.8) is 0 Å². The second-order valence-corrected chi connectivity index (χ2v) is 3.81. The third kappa shape index (κ3) is 1.79. The van der Waals surface area contributed by atoms with Gasteiger partial charge in [0.05, 0.1) is 6.61 Å². The molecule has 2 rings (SSSR count). The smallest absolute Gasteiger partial charge is 0.273 e. The lowest BCUT2D eigenvalue weighted by Gasteiger charge is -2.13. The highest BCUT2D eigenvalue weighted by atomic mass is 19.1. The molecule has 0 saturated carbocycles. The number of halogens is 1. The molecule has 6 N–H and O–H groups in total. The van der Waals surface area contributed by atoms with Gasteiger partial charge in [-0.05, 0) is 0 Å². The van der Waals surface area contributed by atoms with Crippen LogP contribution in [0.2, 0.25) is 0 Å². The molecule has 0 spiro atoms. The average molecular weight is 261 g/mol. The van der Waals surface area contributed by atoms with Crippen molar-refractivity contribution < 1.29 is 24.1 Å². The molecule has 0 radical (unpaired) electrons. The van der Waals surface area contributed by atoms with E-state index in [1.165, 1.54) is 0 Å². The van der Waals surface area contributed by atoms with E-state index in [2.05, 4.69) is 10.3 Å². The Labute approximate surface area is 100 Å². The molecule has 18 heavy (non-hydrogen) atoms. The fraction of sp³-hybridized carbons (Fsp3) is 0.625. The lowest BCUT2D eigenvalue weighted by atomic mass is 10.1. The Balaban J connectivity index is 2.30. The first-order chi connectivity index (χ1) is 8.47. The number of aliphatic hydroxyl groups excluding tert-OH is 2. The molecular formula is C8H12FN5O4. The Bertz CT molecular complexity index is 466. The number of nitrogens with two attached hydrogens (primary N) is 2. The molecule has 1 amide bonds. The van der Waals surface area contributed by atoms with E-state index >= 15 is 0 Å². The predicted molar refractivity (Wildman–Crippen MR) is 54.9 cm³/mol. The summed E-state index contributed by atoms with van der Waals surface area (Å²) in [6.45, 7) is -0.560. The number of rotatable bonds is 3. The third-order valence-electron chi connectivity index (χ3n) is 2.68. The molecule has 0 aromatic carbocycles. The van der Waals surface area contributed by atoms with Gasteiger partial charge in [-0.3, -0.25) is 4.79 Å². The summed E-state index contributed by atoms with van der Waals surface area (Å²) < 4.78 is 19.6. The van der Waals surface area contributed by atoms with Crippen molar-refractivity contribution in [1.29, 1.82) is 0 Å². The summed E-state index contributed by atoms with van der Waals surface area (Å²) in [5.41, 5.74) is 10.2. The maximum absolute atomic E-state index is 13.7. The maximum atomic E-state index is 13.7. The second-order valence-electron chi connectivity index (χ2n) is 3.81. The van der Waals surface area contributed by atoms with Crippen LogP contribution in [0.25, 0.3) is 0 Å². The number of nitrogens with zero attached hydrogens (tertiary/aromatic N) is 3. The quantitative estimate of drug-likeness (QED) is 0.471. The number of amides is 1. The van der Waals surface area contributed by atoms with E-state index in [0.717, 1.165) is 4.68 Å². The Morgan fingerprint density at radius 3 is 2.72 bits per heavy atom. The lowest BCUT2D eigenvalue weighted by Crippen LogP contribution is -2.30. The number of aromatic nitrogens is 3. The van der Waals surface area contributed by atoms with Gasteiger partial charge in [0.15, 0.2) is 23.9 Å². The second kappa shape index (κ2) is 4.48. The summed E-state index contributed by atoms with van der Waals surface area (Å²) in [7, 11) is 0. The van der Waals surface area contributed by atoms with Gasteiger partial charge in [-0.25, -0.2) is 4.39 Å². The Morgan fingerprint density at radius 2 is 2.28 bits per heavy atom. The molecule has 1 aliphatic heterocycles. The first-order valence-corrected chi connectivity index (χ1v) is 5.06. The summed E-state index contributed by atoms with van der Waals surface area (Å²) in [4.78, 5) is 10.9. The number of carbonyl (C=O) groups is 1. The first kappa shape index (κ1) is 12.7. The standard InChI is InChI=1S/C8H12FN5O4/c9-3-5(16)2(1-15)18-8(3)14-6(10)4(7(11)17)12-13-14/h2-3,5,8,15-16H,1,10H2,(H2,11,17)/t2-,3+,5-,8+/m0/s1. The summed E-state index contributed by atoms with van der Waals surface area (Å²) in [5.74, 6) is -1.17. The van der Waals surface area contributed by atoms with Crippen LogP contribution in [-0.4, -0.2) is 56.1 Å². The Hall–Kier alpha value is -1.78. The third-order valence-corrected chi connectivity index (χ3v) is 2.68. The van der Waals surface area contributed by atoms with Gasteiger partial charge in [0.1, 0.15) is 12.2 Å². The van der Waals surface area contributed by atoms with Gasteiger partial charge in [-0.15, -0.1) is 5.10 Å². The van der Waals surface area contributed by atoms with Crippen molar-refractivity contribution in [2.75, 3.05) is 12.3 Å². The topological polar surface area (TPSA) is 150 Å². The van der Waals surface area contributed by atoms with Gasteiger partial charge < -0.3 is 26.4 Å². The number of hydrogen-bond acceptors (Lipinski definition) is 7. The molecule has 0 bridgehead atoms. The maximum Gasteiger partial charge on any atom is 0.273 e. The molecule has 2 heterocycles. The summed E-state index contributed by atoms with van der Waals surface area (Å²) >= 11 is 0. The van der Waals surface area contributed by atoms with Crippen molar-refractivity contribution in [2.24, 2.45) is 5.73 Å². The number of ether oxygens (including phenoxy) is 1. The lowest BCUT2D eigenvalue weighted by molar-refractivity contribution is -0.0518. The molecule has 0 unspecified atom stereocenters. The molecule has 1 fully saturated rings. The van der Waals surface area contributed by atoms with Crippen molar-refractivity contribution in [1.82, 2.24) is 15.0 Å². The van der Waals surface area contributed by atoms with E-state index in [9.17, 15) is 14.3 Å². The average Bonchev–Trinajstić information content (AvgIpc) is 2.82. The van der Waals surface area contributed by atoms with Gasteiger partial charge in [0, 0.05) is 0 Å². The zero-order valence-electron chi connectivity index (χ0n) is 9.10. The normalized spacial score (nSPS) is 31.7. The highest BCUT2D eigenvalue weighted by molar-refractivity contribution is 5.94. The van der Waals surface area contributed by atoms with Crippen LogP contribution in [0, 0.1) is 0 Å². The van der Waals surface area contributed by atoms with E-state index in [1.54, 1.807) is 0 Å². The van der Waals surface area contributed by atoms with Crippen molar-refractivity contribution >= 4 is 11.7 Å². The molecule has 1 aromatic heterocycles. The van der Waals surface area contributed by atoms with Gasteiger partial charge in [0.25, 0.3) is 5.91 Å². The zero-order valence-corrected chi connectivity index (χ0v) is 9.10. The fourth-order valence-corrected chi connectivity index (χ4v) is 1.72. The highest BCUT2D eigenvalue weighted by Crippen LogP contribution is 2.32. The molecule has 1 saturated heterocycles. The number of primary amides is 1. The molecule has 0 aliphatic carbocycles. The number of hydrogen-bond donors (Lipinski definition) is 4.